The molecule has 160 valence electrons. The number of aliphatic carboxylic acids is 1. The van der Waals surface area contributed by atoms with E-state index in [0.29, 0.717) is 0 Å². The molecule has 2 heterocycles. The fourth-order valence-electron chi connectivity index (χ4n) is 4.39. The van der Waals surface area contributed by atoms with Gasteiger partial charge in [-0.05, 0) is 33.9 Å². The van der Waals surface area contributed by atoms with Gasteiger partial charge in [0.25, 0.3) is 0 Å². The van der Waals surface area contributed by atoms with Crippen LogP contribution in [0.25, 0.3) is 22.0 Å². The average Bonchev–Trinajstić information content (AvgIpc) is 3.36. The summed E-state index contributed by atoms with van der Waals surface area (Å²) in [6, 6.07) is 16.8. The molecule has 1 aliphatic rings. The van der Waals surface area contributed by atoms with Crippen LogP contribution < -0.4 is 5.32 Å². The van der Waals surface area contributed by atoms with Crippen LogP contribution in [-0.4, -0.2) is 39.8 Å². The highest BCUT2D eigenvalue weighted by Crippen LogP contribution is 2.44. The molecule has 0 unspecified atom stereocenters. The van der Waals surface area contributed by atoms with Crippen LogP contribution in [0.4, 0.5) is 4.79 Å². The number of rotatable bonds is 6. The van der Waals surface area contributed by atoms with E-state index < -0.39 is 18.1 Å². The fraction of sp³-hybridized carbons (Fsp3) is 0.160. The number of alkyl carbamates (subject to hydrolysis) is 1. The van der Waals surface area contributed by atoms with Gasteiger partial charge < -0.3 is 20.1 Å². The molecule has 32 heavy (non-hydrogen) atoms. The second-order valence-corrected chi connectivity index (χ2v) is 7.80. The number of pyridine rings is 1. The van der Waals surface area contributed by atoms with Crippen molar-refractivity contribution in [3.05, 3.63) is 89.9 Å². The number of carboxylic acid groups (broad SMARTS) is 1. The number of carboxylic acids is 1. The van der Waals surface area contributed by atoms with Crippen molar-refractivity contribution in [3.63, 3.8) is 0 Å². The monoisotopic (exact) mass is 427 g/mol. The van der Waals surface area contributed by atoms with Crippen molar-refractivity contribution in [1.29, 1.82) is 0 Å². The first-order valence-electron chi connectivity index (χ1n) is 10.4. The van der Waals surface area contributed by atoms with Crippen LogP contribution in [0, 0.1) is 0 Å². The third-order valence-corrected chi connectivity index (χ3v) is 5.93. The maximum absolute atomic E-state index is 12.5. The van der Waals surface area contributed by atoms with Gasteiger partial charge in [-0.25, -0.2) is 9.59 Å². The van der Waals surface area contributed by atoms with Gasteiger partial charge in [0, 0.05) is 41.8 Å². The van der Waals surface area contributed by atoms with Crippen LogP contribution in [0.1, 0.15) is 22.6 Å². The van der Waals surface area contributed by atoms with Gasteiger partial charge >= 0.3 is 12.1 Å². The smallest absolute Gasteiger partial charge is 0.407 e. The SMILES string of the molecule is O=C(N[C@H](Cc1c[nH]c2ccncc12)C(=O)O)OCC1c2ccccc2-c2ccccc21. The van der Waals surface area contributed by atoms with Gasteiger partial charge in [0.15, 0.2) is 0 Å². The first-order chi connectivity index (χ1) is 15.6. The third kappa shape index (κ3) is 3.58. The summed E-state index contributed by atoms with van der Waals surface area (Å²) in [5.74, 6) is -1.21. The Labute approximate surface area is 184 Å². The normalized spacial score (nSPS) is 13.4. The molecule has 0 saturated carbocycles. The lowest BCUT2D eigenvalue weighted by Crippen LogP contribution is -2.42. The molecule has 0 radical (unpaired) electrons. The Balaban J connectivity index is 1.28. The number of carbonyl (C=O) groups is 2. The zero-order valence-electron chi connectivity index (χ0n) is 17.1. The van der Waals surface area contributed by atoms with E-state index in [0.717, 1.165) is 38.7 Å². The maximum atomic E-state index is 12.5. The summed E-state index contributed by atoms with van der Waals surface area (Å²) in [5, 5.41) is 13.0. The first-order valence-corrected chi connectivity index (χ1v) is 10.4. The minimum Gasteiger partial charge on any atom is -0.480 e. The van der Waals surface area contributed by atoms with E-state index in [1.165, 1.54) is 0 Å². The van der Waals surface area contributed by atoms with Crippen molar-refractivity contribution in [2.24, 2.45) is 0 Å². The van der Waals surface area contributed by atoms with E-state index in [-0.39, 0.29) is 18.9 Å². The fourth-order valence-corrected chi connectivity index (χ4v) is 4.39. The zero-order valence-corrected chi connectivity index (χ0v) is 17.1. The number of benzene rings is 2. The number of nitrogens with zero attached hydrogens (tertiary/aromatic N) is 1. The molecule has 4 aromatic rings. The van der Waals surface area contributed by atoms with Crippen LogP contribution in [-0.2, 0) is 16.0 Å². The molecule has 2 aromatic heterocycles. The van der Waals surface area contributed by atoms with Gasteiger partial charge in [-0.2, -0.15) is 0 Å². The molecular weight excluding hydrogens is 406 g/mol. The number of hydrogen-bond donors (Lipinski definition) is 3. The molecule has 0 bridgehead atoms. The number of aromatic amines is 1. The molecule has 0 aliphatic heterocycles. The lowest BCUT2D eigenvalue weighted by atomic mass is 9.98. The molecule has 3 N–H and O–H groups in total. The summed E-state index contributed by atoms with van der Waals surface area (Å²) in [6.45, 7) is 0.128. The van der Waals surface area contributed by atoms with Crippen LogP contribution in [0.15, 0.2) is 73.2 Å². The summed E-state index contributed by atoms with van der Waals surface area (Å²) in [5.41, 5.74) is 6.09. The number of aromatic nitrogens is 2. The van der Waals surface area contributed by atoms with E-state index in [4.69, 9.17) is 4.74 Å². The predicted octanol–water partition coefficient (Wildman–Crippen LogP) is 4.10. The molecule has 7 nitrogen and oxygen atoms in total. The van der Waals surface area contributed by atoms with Crippen LogP contribution in [0.2, 0.25) is 0 Å². The van der Waals surface area contributed by atoms with Crippen molar-refractivity contribution in [2.45, 2.75) is 18.4 Å². The topological polar surface area (TPSA) is 104 Å². The van der Waals surface area contributed by atoms with Crippen molar-refractivity contribution in [1.82, 2.24) is 15.3 Å². The summed E-state index contributed by atoms with van der Waals surface area (Å²) in [7, 11) is 0. The standard InChI is InChI=1S/C25H21N3O4/c29-24(30)23(11-15-12-27-22-9-10-26-13-20(15)22)28-25(31)32-14-21-18-7-3-1-5-16(18)17-6-2-4-8-19(17)21/h1-10,12-13,21,23,27H,11,14H2,(H,28,31)(H,29,30)/t23-/m1/s1. The molecular formula is C25H21N3O4. The Morgan fingerprint density at radius 3 is 2.44 bits per heavy atom. The van der Waals surface area contributed by atoms with Gasteiger partial charge in [-0.15, -0.1) is 0 Å². The molecule has 2 aromatic carbocycles. The molecule has 1 atom stereocenters. The molecule has 1 amide bonds. The lowest BCUT2D eigenvalue weighted by Gasteiger charge is -2.17. The number of fused-ring (bicyclic) bond motifs is 4. The Hall–Kier alpha value is -4.13. The highest BCUT2D eigenvalue weighted by Gasteiger charge is 2.30. The number of H-pyrrole nitrogens is 1. The van der Waals surface area contributed by atoms with Gasteiger partial charge in [0.05, 0.1) is 0 Å². The van der Waals surface area contributed by atoms with Crippen molar-refractivity contribution in [3.8, 4) is 11.1 Å². The highest BCUT2D eigenvalue weighted by molar-refractivity contribution is 5.85. The van der Waals surface area contributed by atoms with Crippen molar-refractivity contribution >= 4 is 23.0 Å². The maximum Gasteiger partial charge on any atom is 0.407 e. The van der Waals surface area contributed by atoms with Gasteiger partial charge in [0.2, 0.25) is 0 Å². The summed E-state index contributed by atoms with van der Waals surface area (Å²) in [4.78, 5) is 31.5. The van der Waals surface area contributed by atoms with Gasteiger partial charge in [-0.1, -0.05) is 48.5 Å². The summed E-state index contributed by atoms with van der Waals surface area (Å²) >= 11 is 0. The van der Waals surface area contributed by atoms with Gasteiger partial charge in [0.1, 0.15) is 12.6 Å². The largest absolute Gasteiger partial charge is 0.480 e. The summed E-state index contributed by atoms with van der Waals surface area (Å²) < 4.78 is 5.49. The molecule has 0 saturated heterocycles. The number of carbonyl (C=O) groups excluding carboxylic acids is 1. The molecule has 5 rings (SSSR count). The second-order valence-electron chi connectivity index (χ2n) is 7.80. The van der Waals surface area contributed by atoms with E-state index in [1.807, 2.05) is 42.5 Å². The first kappa shape index (κ1) is 19.8. The molecule has 0 fully saturated rings. The average molecular weight is 427 g/mol. The minimum absolute atomic E-state index is 0.0869. The highest BCUT2D eigenvalue weighted by atomic mass is 16.5. The number of amides is 1. The second kappa shape index (κ2) is 8.19. The lowest BCUT2D eigenvalue weighted by molar-refractivity contribution is -0.139. The molecule has 1 aliphatic carbocycles. The van der Waals surface area contributed by atoms with E-state index in [1.54, 1.807) is 18.6 Å². The minimum atomic E-state index is -1.13. The zero-order chi connectivity index (χ0) is 22.1. The van der Waals surface area contributed by atoms with Crippen LogP contribution in [0.3, 0.4) is 0 Å². The van der Waals surface area contributed by atoms with E-state index in [9.17, 15) is 14.7 Å². The number of nitrogens with one attached hydrogen (secondary N) is 2. The summed E-state index contributed by atoms with van der Waals surface area (Å²) in [6.07, 6.45) is 4.43. The van der Waals surface area contributed by atoms with Crippen LogP contribution in [0.5, 0.6) is 0 Å². The molecule has 0 spiro atoms. The predicted molar refractivity (Wildman–Crippen MR) is 119 cm³/mol. The van der Waals surface area contributed by atoms with E-state index in [2.05, 4.69) is 27.4 Å². The van der Waals surface area contributed by atoms with Gasteiger partial charge in [-0.3, -0.25) is 4.98 Å². The Morgan fingerprint density at radius 2 is 1.75 bits per heavy atom. The van der Waals surface area contributed by atoms with Crippen LogP contribution >= 0.6 is 0 Å². The van der Waals surface area contributed by atoms with Crippen molar-refractivity contribution < 1.29 is 19.4 Å². The van der Waals surface area contributed by atoms with E-state index >= 15 is 0 Å². The third-order valence-electron chi connectivity index (χ3n) is 5.93. The number of ether oxygens (including phenoxy) is 1. The Morgan fingerprint density at radius 1 is 1.06 bits per heavy atom. The Bertz CT molecular complexity index is 1270. The number of hydrogen-bond acceptors (Lipinski definition) is 4. The quantitative estimate of drug-likeness (QED) is 0.430. The Kier molecular flexibility index (Phi) is 5.07. The van der Waals surface area contributed by atoms with Crippen molar-refractivity contribution in [2.75, 3.05) is 6.61 Å². The molecule has 7 heteroatoms.